The van der Waals surface area contributed by atoms with Crippen molar-refractivity contribution in [1.82, 2.24) is 15.2 Å². The first kappa shape index (κ1) is 18.3. The summed E-state index contributed by atoms with van der Waals surface area (Å²) in [7, 11) is 1.60. The molecule has 1 amide bonds. The van der Waals surface area contributed by atoms with E-state index in [1.165, 1.54) is 6.26 Å². The highest BCUT2D eigenvalue weighted by Gasteiger charge is 2.25. The van der Waals surface area contributed by atoms with Gasteiger partial charge in [-0.2, -0.15) is 0 Å². The van der Waals surface area contributed by atoms with Gasteiger partial charge in [0.15, 0.2) is 5.76 Å². The molecule has 28 heavy (non-hydrogen) atoms. The van der Waals surface area contributed by atoms with Crippen LogP contribution in [0.2, 0.25) is 0 Å². The van der Waals surface area contributed by atoms with Crippen molar-refractivity contribution in [3.63, 3.8) is 0 Å². The summed E-state index contributed by atoms with van der Waals surface area (Å²) in [4.78, 5) is 29.6. The number of nitrogens with zero attached hydrogens (tertiary/aromatic N) is 1. The quantitative estimate of drug-likeness (QED) is 0.709. The van der Waals surface area contributed by atoms with Gasteiger partial charge in [-0.25, -0.2) is 0 Å². The number of benzene rings is 1. The summed E-state index contributed by atoms with van der Waals surface area (Å²) in [6, 6.07) is 11.0. The molecule has 0 aliphatic carbocycles. The zero-order chi connectivity index (χ0) is 19.5. The number of carbonyl (C=O) groups excluding carboxylic acids is 1. The first-order valence-electron chi connectivity index (χ1n) is 9.40. The summed E-state index contributed by atoms with van der Waals surface area (Å²) in [5.41, 5.74) is 1.31. The van der Waals surface area contributed by atoms with Crippen LogP contribution in [-0.2, 0) is 6.54 Å². The van der Waals surface area contributed by atoms with Gasteiger partial charge in [0.05, 0.1) is 18.9 Å². The van der Waals surface area contributed by atoms with E-state index < -0.39 is 0 Å². The lowest BCUT2D eigenvalue weighted by atomic mass is 10.0. The maximum absolute atomic E-state index is 12.5. The number of carbonyl (C=O) groups is 1. The Balaban J connectivity index is 1.43. The number of hydrogen-bond acceptors (Lipinski definition) is 5. The molecule has 0 bridgehead atoms. The van der Waals surface area contributed by atoms with E-state index in [-0.39, 0.29) is 17.5 Å². The fourth-order valence-electron chi connectivity index (χ4n) is 3.62. The molecule has 146 valence electrons. The van der Waals surface area contributed by atoms with Crippen LogP contribution < -0.4 is 15.6 Å². The number of aromatic amines is 1. The Labute approximate surface area is 162 Å². The van der Waals surface area contributed by atoms with Crippen LogP contribution in [-0.4, -0.2) is 42.0 Å². The number of H-pyrrole nitrogens is 1. The number of pyridine rings is 1. The van der Waals surface area contributed by atoms with Crippen LogP contribution in [0.15, 0.2) is 51.9 Å². The van der Waals surface area contributed by atoms with Gasteiger partial charge in [0.25, 0.3) is 11.5 Å². The van der Waals surface area contributed by atoms with Crippen molar-refractivity contribution in [3.8, 4) is 5.75 Å². The lowest BCUT2D eigenvalue weighted by Crippen LogP contribution is -2.48. The minimum absolute atomic E-state index is 0.0889. The number of amides is 1. The first-order valence-corrected chi connectivity index (χ1v) is 9.40. The summed E-state index contributed by atoms with van der Waals surface area (Å²) >= 11 is 0. The number of ether oxygens (including phenoxy) is 1. The van der Waals surface area contributed by atoms with Crippen molar-refractivity contribution in [2.45, 2.75) is 25.4 Å². The number of aromatic nitrogens is 1. The monoisotopic (exact) mass is 381 g/mol. The van der Waals surface area contributed by atoms with E-state index in [0.29, 0.717) is 30.2 Å². The largest absolute Gasteiger partial charge is 0.497 e. The molecule has 4 rings (SSSR count). The first-order chi connectivity index (χ1) is 13.6. The Kier molecular flexibility index (Phi) is 5.16. The molecule has 7 heteroatoms. The Morgan fingerprint density at radius 1 is 1.36 bits per heavy atom. The van der Waals surface area contributed by atoms with Crippen LogP contribution in [0.5, 0.6) is 5.75 Å². The highest BCUT2D eigenvalue weighted by atomic mass is 16.5. The van der Waals surface area contributed by atoms with E-state index in [1.807, 2.05) is 24.3 Å². The standard InChI is InChI=1S/C21H23N3O4/c1-27-17-7-6-14-10-15(20(25)23-18(14)11-17)12-22-16-4-2-8-24(13-16)21(26)19-5-3-9-28-19/h3,5-7,9-11,16,22H,2,4,8,12-13H2,1H3,(H,23,25). The third-order valence-corrected chi connectivity index (χ3v) is 5.15. The Morgan fingerprint density at radius 3 is 3.04 bits per heavy atom. The van der Waals surface area contributed by atoms with Crippen LogP contribution in [0.25, 0.3) is 10.9 Å². The summed E-state index contributed by atoms with van der Waals surface area (Å²) in [6.07, 6.45) is 3.39. The number of methoxy groups -OCH3 is 1. The molecule has 1 aliphatic rings. The van der Waals surface area contributed by atoms with E-state index in [0.717, 1.165) is 30.3 Å². The molecule has 1 atom stereocenters. The molecule has 1 aliphatic heterocycles. The lowest BCUT2D eigenvalue weighted by molar-refractivity contribution is 0.0662. The van der Waals surface area contributed by atoms with E-state index in [1.54, 1.807) is 24.1 Å². The molecule has 3 aromatic rings. The van der Waals surface area contributed by atoms with Gasteiger partial charge in [-0.15, -0.1) is 0 Å². The zero-order valence-electron chi connectivity index (χ0n) is 15.7. The molecule has 7 nitrogen and oxygen atoms in total. The summed E-state index contributed by atoms with van der Waals surface area (Å²) in [5, 5.41) is 4.38. The lowest BCUT2D eigenvalue weighted by Gasteiger charge is -2.32. The van der Waals surface area contributed by atoms with Crippen molar-refractivity contribution in [3.05, 3.63) is 64.3 Å². The molecule has 1 aromatic carbocycles. The van der Waals surface area contributed by atoms with Crippen LogP contribution in [0.3, 0.4) is 0 Å². The molecular weight excluding hydrogens is 358 g/mol. The number of rotatable bonds is 5. The van der Waals surface area contributed by atoms with Gasteiger partial charge in [0, 0.05) is 37.3 Å². The molecule has 1 saturated heterocycles. The summed E-state index contributed by atoms with van der Waals surface area (Å²) in [5.74, 6) is 0.980. The second-order valence-corrected chi connectivity index (χ2v) is 7.03. The summed E-state index contributed by atoms with van der Waals surface area (Å²) < 4.78 is 10.4. The fraction of sp³-hybridized carbons (Fsp3) is 0.333. The van der Waals surface area contributed by atoms with E-state index in [9.17, 15) is 9.59 Å². The Hall–Kier alpha value is -3.06. The molecule has 2 aromatic heterocycles. The minimum Gasteiger partial charge on any atom is -0.497 e. The van der Waals surface area contributed by atoms with Gasteiger partial charge in [-0.3, -0.25) is 9.59 Å². The third kappa shape index (κ3) is 3.80. The van der Waals surface area contributed by atoms with Gasteiger partial charge >= 0.3 is 0 Å². The van der Waals surface area contributed by atoms with Gasteiger partial charge in [-0.05, 0) is 48.6 Å². The van der Waals surface area contributed by atoms with Crippen molar-refractivity contribution < 1.29 is 13.9 Å². The number of likely N-dealkylation sites (tertiary alicyclic amines) is 1. The van der Waals surface area contributed by atoms with E-state index in [4.69, 9.17) is 9.15 Å². The number of nitrogens with one attached hydrogen (secondary N) is 2. The second kappa shape index (κ2) is 7.90. The van der Waals surface area contributed by atoms with Crippen LogP contribution in [0, 0.1) is 0 Å². The highest BCUT2D eigenvalue weighted by Crippen LogP contribution is 2.19. The van der Waals surface area contributed by atoms with Crippen molar-refractivity contribution in [2.75, 3.05) is 20.2 Å². The SMILES string of the molecule is COc1ccc2cc(CNC3CCCN(C(=O)c4ccco4)C3)c(=O)[nH]c2c1. The van der Waals surface area contributed by atoms with Crippen molar-refractivity contribution >= 4 is 16.8 Å². The van der Waals surface area contributed by atoms with Gasteiger partial charge < -0.3 is 24.4 Å². The number of furan rings is 1. The van der Waals surface area contributed by atoms with E-state index >= 15 is 0 Å². The number of fused-ring (bicyclic) bond motifs is 1. The molecule has 0 saturated carbocycles. The average Bonchev–Trinajstić information content (AvgIpc) is 3.26. The smallest absolute Gasteiger partial charge is 0.289 e. The van der Waals surface area contributed by atoms with E-state index in [2.05, 4.69) is 10.3 Å². The zero-order valence-corrected chi connectivity index (χ0v) is 15.7. The number of piperidine rings is 1. The topological polar surface area (TPSA) is 87.6 Å². The Bertz CT molecular complexity index is 1030. The predicted octanol–water partition coefficient (Wildman–Crippen LogP) is 2.52. The molecule has 1 unspecified atom stereocenters. The third-order valence-electron chi connectivity index (χ3n) is 5.15. The molecule has 0 spiro atoms. The predicted molar refractivity (Wildman–Crippen MR) is 106 cm³/mol. The highest BCUT2D eigenvalue weighted by molar-refractivity contribution is 5.91. The maximum atomic E-state index is 12.5. The van der Waals surface area contributed by atoms with Gasteiger partial charge in [-0.1, -0.05) is 0 Å². The minimum atomic E-state index is -0.118. The van der Waals surface area contributed by atoms with Crippen LogP contribution in [0.4, 0.5) is 0 Å². The fourth-order valence-corrected chi connectivity index (χ4v) is 3.62. The average molecular weight is 381 g/mol. The maximum Gasteiger partial charge on any atom is 0.289 e. The van der Waals surface area contributed by atoms with Crippen LogP contribution in [0.1, 0.15) is 29.0 Å². The number of hydrogen-bond donors (Lipinski definition) is 2. The van der Waals surface area contributed by atoms with Crippen molar-refractivity contribution in [2.24, 2.45) is 0 Å². The summed E-state index contributed by atoms with van der Waals surface area (Å²) in [6.45, 7) is 1.77. The van der Waals surface area contributed by atoms with Gasteiger partial charge in [0.2, 0.25) is 0 Å². The second-order valence-electron chi connectivity index (χ2n) is 7.03. The normalized spacial score (nSPS) is 17.0. The van der Waals surface area contributed by atoms with Crippen molar-refractivity contribution in [1.29, 1.82) is 0 Å². The Morgan fingerprint density at radius 2 is 2.25 bits per heavy atom. The van der Waals surface area contributed by atoms with Crippen LogP contribution >= 0.6 is 0 Å². The van der Waals surface area contributed by atoms with Gasteiger partial charge in [0.1, 0.15) is 5.75 Å². The molecule has 1 fully saturated rings. The molecule has 3 heterocycles. The molecule has 2 N–H and O–H groups in total. The molecular formula is C21H23N3O4. The molecule has 0 radical (unpaired) electrons.